The Hall–Kier alpha value is -1.39. The van der Waals surface area contributed by atoms with E-state index in [1.54, 1.807) is 0 Å². The number of aliphatic hydroxyl groups is 1. The third-order valence-corrected chi connectivity index (χ3v) is 3.57. The lowest BCUT2D eigenvalue weighted by atomic mass is 9.96. The van der Waals surface area contributed by atoms with Crippen molar-refractivity contribution in [1.29, 1.82) is 0 Å². The minimum absolute atomic E-state index is 0.0569. The fourth-order valence-corrected chi connectivity index (χ4v) is 2.40. The van der Waals surface area contributed by atoms with Gasteiger partial charge in [0.25, 0.3) is 0 Å². The summed E-state index contributed by atoms with van der Waals surface area (Å²) in [7, 11) is 0. The quantitative estimate of drug-likeness (QED) is 0.747. The molecule has 3 N–H and O–H groups in total. The molecule has 0 radical (unpaired) electrons. The van der Waals surface area contributed by atoms with E-state index in [1.165, 1.54) is 6.42 Å². The zero-order valence-corrected chi connectivity index (χ0v) is 11.2. The second kappa shape index (κ2) is 7.26. The van der Waals surface area contributed by atoms with Crippen LogP contribution in [0.2, 0.25) is 0 Å². The summed E-state index contributed by atoms with van der Waals surface area (Å²) in [5, 5.41) is 15.2. The first-order chi connectivity index (χ1) is 9.28. The van der Waals surface area contributed by atoms with Crippen molar-refractivity contribution in [2.45, 2.75) is 32.4 Å². The molecule has 0 saturated carbocycles. The molecule has 0 bridgehead atoms. The normalized spacial score (nSPS) is 19.1. The van der Waals surface area contributed by atoms with E-state index in [9.17, 15) is 4.79 Å². The highest BCUT2D eigenvalue weighted by molar-refractivity contribution is 5.76. The smallest absolute Gasteiger partial charge is 0.220 e. The summed E-state index contributed by atoms with van der Waals surface area (Å²) in [6.45, 7) is 2.65. The molecule has 1 aromatic carbocycles. The number of nitrogens with one attached hydrogen (secondary N) is 2. The second-order valence-electron chi connectivity index (χ2n) is 5.17. The molecular weight excluding hydrogens is 240 g/mol. The van der Waals surface area contributed by atoms with Crippen molar-refractivity contribution in [2.24, 2.45) is 5.92 Å². The van der Waals surface area contributed by atoms with E-state index >= 15 is 0 Å². The van der Waals surface area contributed by atoms with Crippen LogP contribution < -0.4 is 10.6 Å². The van der Waals surface area contributed by atoms with Gasteiger partial charge in [0.15, 0.2) is 0 Å². The van der Waals surface area contributed by atoms with Crippen LogP contribution in [0, 0.1) is 5.92 Å². The standard InChI is InChI=1S/C15H22N2O2/c18-11-13-5-3-12(4-6-13)10-17-15(19)8-14-2-1-7-16-9-14/h3-6,14,16,18H,1-2,7-11H2,(H,17,19). The molecule has 1 aliphatic rings. The van der Waals surface area contributed by atoms with Gasteiger partial charge in [-0.25, -0.2) is 0 Å². The maximum atomic E-state index is 11.8. The van der Waals surface area contributed by atoms with E-state index in [1.807, 2.05) is 24.3 Å². The first kappa shape index (κ1) is 14.0. The number of piperidine rings is 1. The summed E-state index contributed by atoms with van der Waals surface area (Å²) < 4.78 is 0. The molecule has 0 aliphatic carbocycles. The fraction of sp³-hybridized carbons (Fsp3) is 0.533. The van der Waals surface area contributed by atoms with Crippen molar-refractivity contribution in [2.75, 3.05) is 13.1 Å². The summed E-state index contributed by atoms with van der Waals surface area (Å²) in [5.74, 6) is 0.602. The van der Waals surface area contributed by atoms with Gasteiger partial charge >= 0.3 is 0 Å². The van der Waals surface area contributed by atoms with Crippen LogP contribution in [0.4, 0.5) is 0 Å². The molecule has 4 heteroatoms. The Morgan fingerprint density at radius 1 is 1.32 bits per heavy atom. The molecular formula is C15H22N2O2. The van der Waals surface area contributed by atoms with Crippen LogP contribution in [-0.2, 0) is 17.9 Å². The lowest BCUT2D eigenvalue weighted by Crippen LogP contribution is -2.34. The van der Waals surface area contributed by atoms with E-state index in [4.69, 9.17) is 5.11 Å². The van der Waals surface area contributed by atoms with E-state index in [0.717, 1.165) is 30.6 Å². The molecule has 19 heavy (non-hydrogen) atoms. The van der Waals surface area contributed by atoms with Crippen LogP contribution >= 0.6 is 0 Å². The van der Waals surface area contributed by atoms with Gasteiger partial charge in [0.2, 0.25) is 5.91 Å². The number of hydrogen-bond acceptors (Lipinski definition) is 3. The van der Waals surface area contributed by atoms with Crippen molar-refractivity contribution in [3.63, 3.8) is 0 Å². The first-order valence-corrected chi connectivity index (χ1v) is 6.94. The van der Waals surface area contributed by atoms with Crippen LogP contribution in [0.5, 0.6) is 0 Å². The predicted octanol–water partition coefficient (Wildman–Crippen LogP) is 1.18. The van der Waals surface area contributed by atoms with Gasteiger partial charge in [-0.15, -0.1) is 0 Å². The SMILES string of the molecule is O=C(CC1CCCNC1)NCc1ccc(CO)cc1. The second-order valence-corrected chi connectivity index (χ2v) is 5.17. The lowest BCUT2D eigenvalue weighted by Gasteiger charge is -2.22. The minimum Gasteiger partial charge on any atom is -0.392 e. The van der Waals surface area contributed by atoms with Gasteiger partial charge in [-0.05, 0) is 43.0 Å². The average Bonchev–Trinajstić information content (AvgIpc) is 2.47. The van der Waals surface area contributed by atoms with Crippen LogP contribution in [0.25, 0.3) is 0 Å². The molecule has 1 aromatic rings. The Labute approximate surface area is 114 Å². The fourth-order valence-electron chi connectivity index (χ4n) is 2.40. The van der Waals surface area contributed by atoms with Crippen molar-refractivity contribution < 1.29 is 9.90 Å². The number of rotatable bonds is 5. The van der Waals surface area contributed by atoms with Gasteiger partial charge in [0.1, 0.15) is 0 Å². The molecule has 1 unspecified atom stereocenters. The lowest BCUT2D eigenvalue weighted by molar-refractivity contribution is -0.122. The zero-order chi connectivity index (χ0) is 13.5. The minimum atomic E-state index is 0.0569. The molecule has 0 aromatic heterocycles. The predicted molar refractivity (Wildman–Crippen MR) is 74.4 cm³/mol. The third-order valence-electron chi connectivity index (χ3n) is 3.57. The van der Waals surface area contributed by atoms with Gasteiger partial charge < -0.3 is 15.7 Å². The number of carbonyl (C=O) groups is 1. The number of amides is 1. The Morgan fingerprint density at radius 3 is 2.68 bits per heavy atom. The van der Waals surface area contributed by atoms with Gasteiger partial charge in [0, 0.05) is 13.0 Å². The molecule has 1 atom stereocenters. The van der Waals surface area contributed by atoms with E-state index < -0.39 is 0 Å². The van der Waals surface area contributed by atoms with Crippen LogP contribution in [0.1, 0.15) is 30.4 Å². The summed E-state index contributed by atoms with van der Waals surface area (Å²) >= 11 is 0. The molecule has 1 aliphatic heterocycles. The maximum Gasteiger partial charge on any atom is 0.220 e. The Kier molecular flexibility index (Phi) is 5.36. The van der Waals surface area contributed by atoms with Crippen molar-refractivity contribution in [3.8, 4) is 0 Å². The zero-order valence-electron chi connectivity index (χ0n) is 11.2. The topological polar surface area (TPSA) is 61.4 Å². The third kappa shape index (κ3) is 4.65. The van der Waals surface area contributed by atoms with Gasteiger partial charge in [0.05, 0.1) is 6.61 Å². The van der Waals surface area contributed by atoms with Gasteiger partial charge in [-0.3, -0.25) is 4.79 Å². The highest BCUT2D eigenvalue weighted by Crippen LogP contribution is 2.13. The average molecular weight is 262 g/mol. The largest absolute Gasteiger partial charge is 0.392 e. The number of hydrogen-bond donors (Lipinski definition) is 3. The number of carbonyl (C=O) groups excluding carboxylic acids is 1. The summed E-state index contributed by atoms with van der Waals surface area (Å²) in [5.41, 5.74) is 1.95. The summed E-state index contributed by atoms with van der Waals surface area (Å²) in [6.07, 6.45) is 2.92. The Bertz CT molecular complexity index is 397. The van der Waals surface area contributed by atoms with Crippen molar-refractivity contribution in [3.05, 3.63) is 35.4 Å². The molecule has 104 valence electrons. The van der Waals surface area contributed by atoms with E-state index in [-0.39, 0.29) is 12.5 Å². The Morgan fingerprint density at radius 2 is 2.05 bits per heavy atom. The van der Waals surface area contributed by atoms with E-state index in [2.05, 4.69) is 10.6 Å². The summed E-state index contributed by atoms with van der Waals surface area (Å²) in [6, 6.07) is 7.64. The first-order valence-electron chi connectivity index (χ1n) is 6.94. The van der Waals surface area contributed by atoms with Crippen molar-refractivity contribution in [1.82, 2.24) is 10.6 Å². The molecule has 1 amide bonds. The van der Waals surface area contributed by atoms with Crippen LogP contribution in [-0.4, -0.2) is 24.1 Å². The molecule has 1 heterocycles. The maximum absolute atomic E-state index is 11.8. The number of aliphatic hydroxyl groups excluding tert-OH is 1. The number of benzene rings is 1. The van der Waals surface area contributed by atoms with Crippen LogP contribution in [0.15, 0.2) is 24.3 Å². The van der Waals surface area contributed by atoms with Gasteiger partial charge in [-0.1, -0.05) is 24.3 Å². The van der Waals surface area contributed by atoms with Crippen LogP contribution in [0.3, 0.4) is 0 Å². The molecule has 1 fully saturated rings. The van der Waals surface area contributed by atoms with Crippen molar-refractivity contribution >= 4 is 5.91 Å². The monoisotopic (exact) mass is 262 g/mol. The van der Waals surface area contributed by atoms with E-state index in [0.29, 0.717) is 18.9 Å². The highest BCUT2D eigenvalue weighted by atomic mass is 16.3. The summed E-state index contributed by atoms with van der Waals surface area (Å²) in [4.78, 5) is 11.8. The molecule has 0 spiro atoms. The Balaban J connectivity index is 1.72. The highest BCUT2D eigenvalue weighted by Gasteiger charge is 2.16. The molecule has 1 saturated heterocycles. The van der Waals surface area contributed by atoms with Gasteiger partial charge in [-0.2, -0.15) is 0 Å². The molecule has 4 nitrogen and oxygen atoms in total. The molecule has 2 rings (SSSR count).